The van der Waals surface area contributed by atoms with Crippen molar-refractivity contribution < 1.29 is 0 Å². The van der Waals surface area contributed by atoms with Crippen LogP contribution in [0.3, 0.4) is 0 Å². The zero-order valence-electron chi connectivity index (χ0n) is 5.71. The van der Waals surface area contributed by atoms with Crippen LogP contribution in [0.5, 0.6) is 0 Å². The minimum Gasteiger partial charge on any atom is -0.232 e. The maximum Gasteiger partial charge on any atom is 0.0931 e. The Hall–Kier alpha value is -0.210. The van der Waals surface area contributed by atoms with Gasteiger partial charge < -0.3 is 0 Å². The van der Waals surface area contributed by atoms with Gasteiger partial charge in [-0.25, -0.2) is 4.99 Å². The third kappa shape index (κ3) is 3.12. The van der Waals surface area contributed by atoms with Crippen LogP contribution in [0.4, 0.5) is 0 Å². The average Bonchev–Trinajstić information content (AvgIpc) is 2.37. The van der Waals surface area contributed by atoms with E-state index in [4.69, 9.17) is 11.6 Å². The van der Waals surface area contributed by atoms with Crippen LogP contribution in [0.2, 0.25) is 4.34 Å². The monoisotopic (exact) mass is 203 g/mol. The molecule has 0 unspecified atom stereocenters. The molecule has 11 heavy (non-hydrogen) atoms. The largest absolute Gasteiger partial charge is 0.232 e. The van der Waals surface area contributed by atoms with E-state index in [1.807, 2.05) is 12.1 Å². The van der Waals surface area contributed by atoms with E-state index in [0.717, 1.165) is 10.8 Å². The van der Waals surface area contributed by atoms with Crippen molar-refractivity contribution in [2.24, 2.45) is 4.99 Å². The molecule has 1 aromatic rings. The maximum absolute atomic E-state index is 5.72. The van der Waals surface area contributed by atoms with Gasteiger partial charge >= 0.3 is 0 Å². The molecule has 1 rings (SSSR count). The van der Waals surface area contributed by atoms with Crippen molar-refractivity contribution in [2.75, 3.05) is 6.54 Å². The maximum atomic E-state index is 5.72. The second kappa shape index (κ2) is 4.62. The van der Waals surface area contributed by atoms with Crippen molar-refractivity contribution in [3.05, 3.63) is 21.3 Å². The van der Waals surface area contributed by atoms with Crippen LogP contribution >= 0.6 is 35.2 Å². The number of hydrogen-bond donors (Lipinski definition) is 0. The van der Waals surface area contributed by atoms with Gasteiger partial charge in [-0.3, -0.25) is 0 Å². The van der Waals surface area contributed by atoms with Crippen molar-refractivity contribution in [2.45, 2.75) is 6.42 Å². The van der Waals surface area contributed by atoms with Gasteiger partial charge in [0.25, 0.3) is 0 Å². The first-order valence-electron chi connectivity index (χ1n) is 3.11. The first-order valence-corrected chi connectivity index (χ1v) is 4.71. The molecular formula is C7H6ClNS2. The number of halogens is 1. The number of nitrogens with zero attached hydrogens (tertiary/aromatic N) is 1. The van der Waals surface area contributed by atoms with Gasteiger partial charge in [0.05, 0.1) is 16.0 Å². The van der Waals surface area contributed by atoms with E-state index in [-0.39, 0.29) is 0 Å². The molecule has 0 atom stereocenters. The van der Waals surface area contributed by atoms with Crippen LogP contribution in [0.1, 0.15) is 4.88 Å². The Morgan fingerprint density at radius 3 is 3.00 bits per heavy atom. The summed E-state index contributed by atoms with van der Waals surface area (Å²) in [6.07, 6.45) is 0.904. The van der Waals surface area contributed by atoms with Crippen LogP contribution in [0.25, 0.3) is 0 Å². The standard InChI is InChI=1S/C7H6ClNS2/c8-7-2-1-6(11-7)3-4-9-5-10/h1-2H,3-4H2. The molecule has 0 spiro atoms. The molecule has 0 aliphatic carbocycles. The number of aliphatic imine (C=N–C) groups is 1. The van der Waals surface area contributed by atoms with Crippen LogP contribution in [-0.4, -0.2) is 11.7 Å². The summed E-state index contributed by atoms with van der Waals surface area (Å²) in [5.41, 5.74) is 0. The van der Waals surface area contributed by atoms with Gasteiger partial charge in [-0.05, 0) is 24.4 Å². The van der Waals surface area contributed by atoms with Gasteiger partial charge in [0, 0.05) is 11.3 Å². The summed E-state index contributed by atoms with van der Waals surface area (Å²) < 4.78 is 0.825. The number of thiophene rings is 1. The van der Waals surface area contributed by atoms with E-state index in [2.05, 4.69) is 22.4 Å². The molecule has 0 fully saturated rings. The lowest BCUT2D eigenvalue weighted by Gasteiger charge is -1.87. The van der Waals surface area contributed by atoms with Crippen molar-refractivity contribution in [3.63, 3.8) is 0 Å². The average molecular weight is 204 g/mol. The second-order valence-electron chi connectivity index (χ2n) is 1.93. The third-order valence-electron chi connectivity index (χ3n) is 1.16. The Kier molecular flexibility index (Phi) is 3.73. The highest BCUT2D eigenvalue weighted by molar-refractivity contribution is 7.78. The molecule has 58 valence electrons. The zero-order chi connectivity index (χ0) is 8.10. The van der Waals surface area contributed by atoms with E-state index in [1.54, 1.807) is 11.3 Å². The van der Waals surface area contributed by atoms with Gasteiger partial charge in [0.1, 0.15) is 0 Å². The summed E-state index contributed by atoms with van der Waals surface area (Å²) in [5, 5.41) is 2.32. The fraction of sp³-hybridized carbons (Fsp3) is 0.286. The molecule has 0 radical (unpaired) electrons. The molecule has 1 heterocycles. The molecular weight excluding hydrogens is 198 g/mol. The fourth-order valence-electron chi connectivity index (χ4n) is 0.698. The quantitative estimate of drug-likeness (QED) is 0.544. The van der Waals surface area contributed by atoms with Crippen LogP contribution in [-0.2, 0) is 6.42 Å². The smallest absolute Gasteiger partial charge is 0.0931 e. The number of hydrogen-bond acceptors (Lipinski definition) is 3. The Morgan fingerprint density at radius 1 is 1.64 bits per heavy atom. The summed E-state index contributed by atoms with van der Waals surface area (Å²) in [7, 11) is 0. The van der Waals surface area contributed by atoms with E-state index < -0.39 is 0 Å². The predicted molar refractivity (Wildman–Crippen MR) is 52.9 cm³/mol. The number of thiocarbonyl (C=S) groups is 1. The lowest BCUT2D eigenvalue weighted by Crippen LogP contribution is -1.82. The molecule has 4 heteroatoms. The molecule has 0 N–H and O–H groups in total. The van der Waals surface area contributed by atoms with Crippen LogP contribution in [0, 0.1) is 0 Å². The Labute approximate surface area is 79.7 Å². The molecule has 0 aliphatic rings. The fourth-order valence-corrected chi connectivity index (χ4v) is 1.87. The van der Waals surface area contributed by atoms with Crippen LogP contribution < -0.4 is 0 Å². The topological polar surface area (TPSA) is 12.4 Å². The molecule has 1 aromatic heterocycles. The Balaban J connectivity index is 2.44. The summed E-state index contributed by atoms with van der Waals surface area (Å²) in [6, 6.07) is 3.90. The molecule has 1 nitrogen and oxygen atoms in total. The van der Waals surface area contributed by atoms with Gasteiger partial charge in [0.2, 0.25) is 0 Å². The lowest BCUT2D eigenvalue weighted by atomic mass is 10.3. The van der Waals surface area contributed by atoms with E-state index in [9.17, 15) is 0 Å². The molecule has 0 saturated carbocycles. The molecule has 0 saturated heterocycles. The first kappa shape index (κ1) is 8.88. The first-order chi connectivity index (χ1) is 5.33. The second-order valence-corrected chi connectivity index (χ2v) is 3.91. The summed E-state index contributed by atoms with van der Waals surface area (Å²) in [6.45, 7) is 0.709. The summed E-state index contributed by atoms with van der Waals surface area (Å²) in [5.74, 6) is 0. The number of isothiocyanates is 1. The molecule has 0 bridgehead atoms. The van der Waals surface area contributed by atoms with Gasteiger partial charge in [-0.2, -0.15) is 0 Å². The highest BCUT2D eigenvalue weighted by atomic mass is 35.5. The van der Waals surface area contributed by atoms with E-state index >= 15 is 0 Å². The van der Waals surface area contributed by atoms with Crippen molar-refractivity contribution in [3.8, 4) is 0 Å². The zero-order valence-corrected chi connectivity index (χ0v) is 8.10. The predicted octanol–water partition coefficient (Wildman–Crippen LogP) is 3.05. The Morgan fingerprint density at radius 2 is 2.45 bits per heavy atom. The SMILES string of the molecule is S=C=NCCc1ccc(Cl)s1. The van der Waals surface area contributed by atoms with Crippen molar-refractivity contribution in [1.29, 1.82) is 0 Å². The molecule has 0 aromatic carbocycles. The third-order valence-corrected chi connectivity index (χ3v) is 2.58. The molecule has 0 aliphatic heterocycles. The summed E-state index contributed by atoms with van der Waals surface area (Å²) in [4.78, 5) is 5.04. The van der Waals surface area contributed by atoms with Gasteiger partial charge in [0.15, 0.2) is 0 Å². The van der Waals surface area contributed by atoms with E-state index in [1.165, 1.54) is 4.88 Å². The Bertz CT molecular complexity index is 276. The highest BCUT2D eigenvalue weighted by Crippen LogP contribution is 2.21. The minimum atomic E-state index is 0.709. The lowest BCUT2D eigenvalue weighted by molar-refractivity contribution is 0.997. The number of rotatable bonds is 3. The summed E-state index contributed by atoms with van der Waals surface area (Å²) >= 11 is 11.7. The minimum absolute atomic E-state index is 0.709. The van der Waals surface area contributed by atoms with Gasteiger partial charge in [-0.15, -0.1) is 11.3 Å². The van der Waals surface area contributed by atoms with Crippen LogP contribution in [0.15, 0.2) is 17.1 Å². The molecule has 0 amide bonds. The van der Waals surface area contributed by atoms with Crippen molar-refractivity contribution in [1.82, 2.24) is 0 Å². The normalized spacial score (nSPS) is 9.18. The van der Waals surface area contributed by atoms with Gasteiger partial charge in [-0.1, -0.05) is 11.6 Å². The van der Waals surface area contributed by atoms with Crippen molar-refractivity contribution >= 4 is 40.3 Å². The van der Waals surface area contributed by atoms with E-state index in [0.29, 0.717) is 6.54 Å². The highest BCUT2D eigenvalue weighted by Gasteiger charge is 1.95.